The van der Waals surface area contributed by atoms with Crippen molar-refractivity contribution in [3.8, 4) is 0 Å². The predicted molar refractivity (Wildman–Crippen MR) is 89.9 cm³/mol. The zero-order chi connectivity index (χ0) is 17.1. The Morgan fingerprint density at radius 3 is 2.48 bits per heavy atom. The highest BCUT2D eigenvalue weighted by atomic mass is 16.3. The molecule has 3 heteroatoms. The number of aliphatic hydroxyl groups is 1. The van der Waals surface area contributed by atoms with E-state index in [1.807, 2.05) is 6.92 Å². The summed E-state index contributed by atoms with van der Waals surface area (Å²) >= 11 is 0. The Bertz CT molecular complexity index is 614. The summed E-state index contributed by atoms with van der Waals surface area (Å²) in [7, 11) is 0. The minimum Gasteiger partial charge on any atom is -0.504 e. The van der Waals surface area contributed by atoms with Gasteiger partial charge in [0.25, 0.3) is 0 Å². The minimum absolute atomic E-state index is 0.0309. The lowest BCUT2D eigenvalue weighted by atomic mass is 9.58. The number of Topliss-reactive ketones (excluding diaryl/α,β-unsaturated/α-hetero) is 2. The van der Waals surface area contributed by atoms with Gasteiger partial charge in [0.1, 0.15) is 0 Å². The Labute approximate surface area is 138 Å². The van der Waals surface area contributed by atoms with Gasteiger partial charge in [0.05, 0.1) is 5.41 Å². The lowest BCUT2D eigenvalue weighted by Gasteiger charge is -2.43. The zero-order valence-electron chi connectivity index (χ0n) is 14.7. The van der Waals surface area contributed by atoms with Crippen LogP contribution in [0.4, 0.5) is 0 Å². The highest BCUT2D eigenvalue weighted by Crippen LogP contribution is 2.54. The quantitative estimate of drug-likeness (QED) is 0.581. The molecule has 3 nitrogen and oxygen atoms in total. The highest BCUT2D eigenvalue weighted by molar-refractivity contribution is 6.15. The molecule has 0 aromatic carbocycles. The molecule has 0 aliphatic heterocycles. The SMILES string of the molecule is C=C(C)[C@H]1C[C@@H]2C[C@H](C)[C@H]3CC[C@H](C)C2=C(O)C(=O)[C@]1(C)C3=O. The minimum atomic E-state index is -1.15. The summed E-state index contributed by atoms with van der Waals surface area (Å²) in [4.78, 5) is 26.6. The summed E-state index contributed by atoms with van der Waals surface area (Å²) < 4.78 is 0. The van der Waals surface area contributed by atoms with E-state index in [2.05, 4.69) is 20.4 Å². The number of carbonyl (C=O) groups excluding carboxylic acids is 2. The number of ketones is 2. The lowest BCUT2D eigenvalue weighted by molar-refractivity contribution is -0.146. The molecule has 1 N–H and O–H groups in total. The van der Waals surface area contributed by atoms with Crippen LogP contribution in [0.5, 0.6) is 0 Å². The van der Waals surface area contributed by atoms with Crippen LogP contribution in [0.15, 0.2) is 23.5 Å². The molecule has 2 saturated carbocycles. The van der Waals surface area contributed by atoms with Gasteiger partial charge in [-0.15, -0.1) is 0 Å². The Morgan fingerprint density at radius 2 is 1.87 bits per heavy atom. The number of aliphatic hydroxyl groups excluding tert-OH is 1. The van der Waals surface area contributed by atoms with Crippen molar-refractivity contribution >= 4 is 11.6 Å². The molecule has 0 spiro atoms. The van der Waals surface area contributed by atoms with E-state index in [1.165, 1.54) is 0 Å². The fourth-order valence-corrected chi connectivity index (χ4v) is 5.47. The van der Waals surface area contributed by atoms with Crippen LogP contribution >= 0.6 is 0 Å². The van der Waals surface area contributed by atoms with E-state index in [4.69, 9.17) is 0 Å². The van der Waals surface area contributed by atoms with Gasteiger partial charge in [-0.05, 0) is 68.8 Å². The van der Waals surface area contributed by atoms with E-state index in [-0.39, 0.29) is 46.9 Å². The maximum atomic E-state index is 13.4. The van der Waals surface area contributed by atoms with Crippen molar-refractivity contribution < 1.29 is 14.7 Å². The summed E-state index contributed by atoms with van der Waals surface area (Å²) in [5.74, 6) is -0.0857. The van der Waals surface area contributed by atoms with Crippen LogP contribution in [-0.4, -0.2) is 16.7 Å². The Hall–Kier alpha value is -1.38. The summed E-state index contributed by atoms with van der Waals surface area (Å²) in [5.41, 5.74) is 0.638. The molecule has 6 atom stereocenters. The van der Waals surface area contributed by atoms with Crippen LogP contribution in [0.3, 0.4) is 0 Å². The van der Waals surface area contributed by atoms with Crippen LogP contribution < -0.4 is 0 Å². The number of hydrogen-bond acceptors (Lipinski definition) is 3. The Morgan fingerprint density at radius 1 is 1.22 bits per heavy atom. The van der Waals surface area contributed by atoms with Crippen molar-refractivity contribution in [2.45, 2.75) is 53.4 Å². The molecule has 0 saturated heterocycles. The van der Waals surface area contributed by atoms with Gasteiger partial charge in [-0.25, -0.2) is 0 Å². The third kappa shape index (κ3) is 2.15. The van der Waals surface area contributed by atoms with E-state index in [0.717, 1.165) is 36.8 Å². The summed E-state index contributed by atoms with van der Waals surface area (Å²) in [5, 5.41) is 10.8. The number of carbonyl (C=O) groups is 2. The molecule has 0 amide bonds. The van der Waals surface area contributed by atoms with Crippen LogP contribution in [0.1, 0.15) is 53.4 Å². The van der Waals surface area contributed by atoms with Crippen molar-refractivity contribution in [3.63, 3.8) is 0 Å². The topological polar surface area (TPSA) is 54.4 Å². The number of rotatable bonds is 1. The molecule has 126 valence electrons. The van der Waals surface area contributed by atoms with Crippen LogP contribution in [0.2, 0.25) is 0 Å². The largest absolute Gasteiger partial charge is 0.504 e. The summed E-state index contributed by atoms with van der Waals surface area (Å²) in [6.45, 7) is 12.0. The molecule has 23 heavy (non-hydrogen) atoms. The number of allylic oxidation sites excluding steroid dienone is 3. The fourth-order valence-electron chi connectivity index (χ4n) is 5.47. The zero-order valence-corrected chi connectivity index (χ0v) is 14.7. The smallest absolute Gasteiger partial charge is 0.210 e. The van der Waals surface area contributed by atoms with E-state index >= 15 is 0 Å². The standard InChI is InChI=1S/C20H28O3/c1-10(2)15-9-13-8-12(4)14-7-6-11(3)16(13)17(21)19(23)20(15,5)18(14)22/h11-15,21H,1,6-9H2,2-5H3/t11-,12-,13-,14+,15+,20-/m0/s1. The predicted octanol–water partition coefficient (Wildman–Crippen LogP) is 4.24. The van der Waals surface area contributed by atoms with E-state index in [0.29, 0.717) is 0 Å². The first-order valence-electron chi connectivity index (χ1n) is 8.87. The normalized spacial score (nSPS) is 43.9. The number of hydrogen-bond donors (Lipinski definition) is 1. The molecule has 0 radical (unpaired) electrons. The molecule has 3 rings (SSSR count). The first-order chi connectivity index (χ1) is 10.7. The first-order valence-corrected chi connectivity index (χ1v) is 8.87. The Balaban J connectivity index is 2.32. The Kier molecular flexibility index (Phi) is 3.81. The molecule has 3 aliphatic rings. The van der Waals surface area contributed by atoms with E-state index in [9.17, 15) is 14.7 Å². The van der Waals surface area contributed by atoms with Gasteiger partial charge >= 0.3 is 0 Å². The maximum Gasteiger partial charge on any atom is 0.210 e. The molecule has 0 heterocycles. The second-order valence-corrected chi connectivity index (χ2v) is 8.33. The van der Waals surface area contributed by atoms with Gasteiger partial charge in [0.2, 0.25) is 5.78 Å². The average Bonchev–Trinajstić information content (AvgIpc) is 2.52. The monoisotopic (exact) mass is 316 g/mol. The third-order valence-corrected chi connectivity index (χ3v) is 6.85. The van der Waals surface area contributed by atoms with Gasteiger partial charge < -0.3 is 5.11 Å². The third-order valence-electron chi connectivity index (χ3n) is 6.85. The maximum absolute atomic E-state index is 13.4. The molecule has 0 unspecified atom stereocenters. The van der Waals surface area contributed by atoms with Crippen molar-refractivity contribution in [1.29, 1.82) is 0 Å². The first kappa shape index (κ1) is 16.5. The second-order valence-electron chi connectivity index (χ2n) is 8.33. The van der Waals surface area contributed by atoms with Gasteiger partial charge in [-0.3, -0.25) is 9.59 Å². The molecule has 3 bridgehead atoms. The van der Waals surface area contributed by atoms with Crippen LogP contribution in [0.25, 0.3) is 0 Å². The molecular formula is C20H28O3. The van der Waals surface area contributed by atoms with Crippen molar-refractivity contribution in [3.05, 3.63) is 23.5 Å². The van der Waals surface area contributed by atoms with Crippen LogP contribution in [-0.2, 0) is 9.59 Å². The average molecular weight is 316 g/mol. The number of fused-ring (bicyclic) bond motifs is 4. The van der Waals surface area contributed by atoms with Gasteiger partial charge in [-0.2, -0.15) is 0 Å². The molecular weight excluding hydrogens is 288 g/mol. The molecule has 0 aromatic rings. The van der Waals surface area contributed by atoms with Gasteiger partial charge in [-0.1, -0.05) is 26.0 Å². The summed E-state index contributed by atoms with van der Waals surface area (Å²) in [6.07, 6.45) is 3.32. The highest BCUT2D eigenvalue weighted by Gasteiger charge is 2.57. The summed E-state index contributed by atoms with van der Waals surface area (Å²) in [6, 6.07) is 0. The fraction of sp³-hybridized carbons (Fsp3) is 0.700. The second kappa shape index (κ2) is 5.32. The van der Waals surface area contributed by atoms with Crippen molar-refractivity contribution in [2.24, 2.45) is 35.0 Å². The lowest BCUT2D eigenvalue weighted by Crippen LogP contribution is -2.49. The van der Waals surface area contributed by atoms with E-state index in [1.54, 1.807) is 6.92 Å². The van der Waals surface area contributed by atoms with E-state index < -0.39 is 5.41 Å². The molecule has 0 aromatic heterocycles. The van der Waals surface area contributed by atoms with Crippen molar-refractivity contribution in [2.75, 3.05) is 0 Å². The van der Waals surface area contributed by atoms with Crippen molar-refractivity contribution in [1.82, 2.24) is 0 Å². The van der Waals surface area contributed by atoms with Crippen LogP contribution in [0, 0.1) is 35.0 Å². The molecule has 3 aliphatic carbocycles. The van der Waals surface area contributed by atoms with Gasteiger partial charge in [0, 0.05) is 5.92 Å². The van der Waals surface area contributed by atoms with Gasteiger partial charge in [0.15, 0.2) is 11.5 Å². The molecule has 2 fully saturated rings.